The molecule has 28 heavy (non-hydrogen) atoms. The van der Waals surface area contributed by atoms with Crippen molar-refractivity contribution in [3.05, 3.63) is 69.3 Å². The Labute approximate surface area is 161 Å². The average Bonchev–Trinajstić information content (AvgIpc) is 2.67. The van der Waals surface area contributed by atoms with Gasteiger partial charge in [0.15, 0.2) is 0 Å². The van der Waals surface area contributed by atoms with Crippen LogP contribution >= 0.6 is 0 Å². The molecule has 0 fully saturated rings. The smallest absolute Gasteiger partial charge is 0.326 e. The Kier molecular flexibility index (Phi) is 5.58. The van der Waals surface area contributed by atoms with Gasteiger partial charge >= 0.3 is 5.97 Å². The second kappa shape index (κ2) is 8.08. The van der Waals surface area contributed by atoms with Gasteiger partial charge in [-0.1, -0.05) is 24.3 Å². The summed E-state index contributed by atoms with van der Waals surface area (Å²) in [5, 5.41) is 23.1. The van der Waals surface area contributed by atoms with E-state index < -0.39 is 22.8 Å². The van der Waals surface area contributed by atoms with Gasteiger partial charge in [-0.2, -0.15) is 0 Å². The number of aliphatic carboxylic acids is 1. The van der Waals surface area contributed by atoms with Gasteiger partial charge in [-0.05, 0) is 54.9 Å². The fourth-order valence-electron chi connectivity index (χ4n) is 3.69. The van der Waals surface area contributed by atoms with E-state index in [9.17, 15) is 24.8 Å². The summed E-state index contributed by atoms with van der Waals surface area (Å²) >= 11 is 0. The van der Waals surface area contributed by atoms with Crippen molar-refractivity contribution in [2.45, 2.75) is 37.6 Å². The summed E-state index contributed by atoms with van der Waals surface area (Å²) in [5.74, 6) is -1.78. The number of nitrogens with zero attached hydrogens (tertiary/aromatic N) is 1. The number of nitrogen functional groups attached to an aromatic ring is 1. The number of carbonyl (C=O) groups is 2. The molecule has 0 bridgehead atoms. The first-order chi connectivity index (χ1) is 13.4. The molecule has 3 rings (SSSR count). The number of aryl methyl sites for hydroxylation is 1. The molecule has 2 atom stereocenters. The maximum atomic E-state index is 12.5. The van der Waals surface area contributed by atoms with E-state index in [-0.39, 0.29) is 29.3 Å². The Hall–Kier alpha value is -3.42. The SMILES string of the molecule is Nc1ccc(C(=O)NC(CC2CCCc3ccccc32)C(=O)O)cc1[N+](=O)[O-]. The molecule has 1 aliphatic rings. The third-order valence-corrected chi connectivity index (χ3v) is 5.11. The number of nitro groups is 1. The van der Waals surface area contributed by atoms with Crippen LogP contribution in [0.15, 0.2) is 42.5 Å². The summed E-state index contributed by atoms with van der Waals surface area (Å²) in [6.45, 7) is 0. The number of nitro benzene ring substituents is 1. The van der Waals surface area contributed by atoms with Crippen LogP contribution in [0.25, 0.3) is 0 Å². The second-order valence-corrected chi connectivity index (χ2v) is 6.92. The molecule has 0 spiro atoms. The second-order valence-electron chi connectivity index (χ2n) is 6.92. The van der Waals surface area contributed by atoms with Crippen molar-refractivity contribution in [3.8, 4) is 0 Å². The molecule has 0 heterocycles. The van der Waals surface area contributed by atoms with E-state index in [2.05, 4.69) is 5.32 Å². The minimum atomic E-state index is -1.14. The van der Waals surface area contributed by atoms with E-state index in [0.29, 0.717) is 0 Å². The van der Waals surface area contributed by atoms with Crippen LogP contribution < -0.4 is 11.1 Å². The zero-order valence-electron chi connectivity index (χ0n) is 15.1. The number of nitrogens with one attached hydrogen (secondary N) is 1. The Morgan fingerprint density at radius 1 is 1.29 bits per heavy atom. The molecule has 0 aromatic heterocycles. The molecule has 0 radical (unpaired) electrons. The Morgan fingerprint density at radius 2 is 2.04 bits per heavy atom. The number of hydrogen-bond donors (Lipinski definition) is 3. The number of benzene rings is 2. The Balaban J connectivity index is 1.77. The summed E-state index contributed by atoms with van der Waals surface area (Å²) in [4.78, 5) is 34.6. The molecule has 0 aliphatic heterocycles. The summed E-state index contributed by atoms with van der Waals surface area (Å²) in [5.41, 5.74) is 7.42. The number of amides is 1. The topological polar surface area (TPSA) is 136 Å². The zero-order chi connectivity index (χ0) is 20.3. The molecule has 1 aliphatic carbocycles. The summed E-state index contributed by atoms with van der Waals surface area (Å²) in [7, 11) is 0. The molecule has 4 N–H and O–H groups in total. The van der Waals surface area contributed by atoms with Gasteiger partial charge in [-0.3, -0.25) is 14.9 Å². The summed E-state index contributed by atoms with van der Waals surface area (Å²) in [6.07, 6.45) is 3.04. The maximum absolute atomic E-state index is 12.5. The van der Waals surface area contributed by atoms with E-state index in [0.717, 1.165) is 30.9 Å². The normalized spacial score (nSPS) is 16.6. The molecule has 2 aromatic rings. The number of carboxylic acid groups (broad SMARTS) is 1. The number of hydrogen-bond acceptors (Lipinski definition) is 5. The first kappa shape index (κ1) is 19.3. The fourth-order valence-corrected chi connectivity index (χ4v) is 3.69. The summed E-state index contributed by atoms with van der Waals surface area (Å²) < 4.78 is 0. The molecule has 1 amide bonds. The Bertz CT molecular complexity index is 928. The van der Waals surface area contributed by atoms with Gasteiger partial charge in [0, 0.05) is 11.6 Å². The molecule has 0 saturated heterocycles. The number of fused-ring (bicyclic) bond motifs is 1. The number of rotatable bonds is 6. The molecule has 8 heteroatoms. The van der Waals surface area contributed by atoms with E-state index in [4.69, 9.17) is 5.73 Å². The Morgan fingerprint density at radius 3 is 2.75 bits per heavy atom. The highest BCUT2D eigenvalue weighted by atomic mass is 16.6. The van der Waals surface area contributed by atoms with Crippen molar-refractivity contribution >= 4 is 23.3 Å². The monoisotopic (exact) mass is 383 g/mol. The highest BCUT2D eigenvalue weighted by Crippen LogP contribution is 2.34. The molecule has 146 valence electrons. The fraction of sp³-hybridized carbons (Fsp3) is 0.300. The van der Waals surface area contributed by atoms with Crippen LogP contribution in [0, 0.1) is 10.1 Å². The third-order valence-electron chi connectivity index (χ3n) is 5.11. The van der Waals surface area contributed by atoms with Gasteiger partial charge in [0.1, 0.15) is 11.7 Å². The molecular weight excluding hydrogens is 362 g/mol. The minimum absolute atomic E-state index is 0.00352. The standard InChI is InChI=1S/C20H21N3O5/c21-16-9-8-14(11-18(16)23(27)28)19(24)22-17(20(25)26)10-13-6-3-5-12-4-1-2-7-15(12)13/h1-2,4,7-9,11,13,17H,3,5-6,10,21H2,(H,22,24)(H,25,26). The predicted molar refractivity (Wildman–Crippen MR) is 103 cm³/mol. The number of carboxylic acids is 1. The van der Waals surface area contributed by atoms with Gasteiger partial charge in [0.05, 0.1) is 4.92 Å². The van der Waals surface area contributed by atoms with Crippen LogP contribution in [0.3, 0.4) is 0 Å². The van der Waals surface area contributed by atoms with Crippen LogP contribution in [0.2, 0.25) is 0 Å². The van der Waals surface area contributed by atoms with Crippen molar-refractivity contribution in [1.82, 2.24) is 5.32 Å². The molecule has 0 saturated carbocycles. The van der Waals surface area contributed by atoms with Crippen molar-refractivity contribution in [2.24, 2.45) is 0 Å². The van der Waals surface area contributed by atoms with Crippen LogP contribution in [-0.4, -0.2) is 27.9 Å². The van der Waals surface area contributed by atoms with Crippen molar-refractivity contribution in [2.75, 3.05) is 5.73 Å². The molecule has 2 aromatic carbocycles. The van der Waals surface area contributed by atoms with E-state index in [1.807, 2.05) is 24.3 Å². The van der Waals surface area contributed by atoms with Crippen molar-refractivity contribution in [3.63, 3.8) is 0 Å². The predicted octanol–water partition coefficient (Wildman–Crippen LogP) is 2.87. The minimum Gasteiger partial charge on any atom is -0.480 e. The maximum Gasteiger partial charge on any atom is 0.326 e. The van der Waals surface area contributed by atoms with Crippen LogP contribution in [-0.2, 0) is 11.2 Å². The lowest BCUT2D eigenvalue weighted by Gasteiger charge is -2.28. The zero-order valence-corrected chi connectivity index (χ0v) is 15.1. The van der Waals surface area contributed by atoms with E-state index in [1.54, 1.807) is 0 Å². The van der Waals surface area contributed by atoms with Gasteiger partial charge in [0.25, 0.3) is 11.6 Å². The van der Waals surface area contributed by atoms with Crippen LogP contribution in [0.1, 0.15) is 46.7 Å². The van der Waals surface area contributed by atoms with Crippen molar-refractivity contribution < 1.29 is 19.6 Å². The van der Waals surface area contributed by atoms with E-state index >= 15 is 0 Å². The molecule has 8 nitrogen and oxygen atoms in total. The van der Waals surface area contributed by atoms with E-state index in [1.165, 1.54) is 17.7 Å². The number of carbonyl (C=O) groups excluding carboxylic acids is 1. The van der Waals surface area contributed by atoms with Gasteiger partial charge in [0.2, 0.25) is 0 Å². The first-order valence-corrected chi connectivity index (χ1v) is 9.02. The van der Waals surface area contributed by atoms with Crippen LogP contribution in [0.4, 0.5) is 11.4 Å². The highest BCUT2D eigenvalue weighted by molar-refractivity contribution is 5.97. The first-order valence-electron chi connectivity index (χ1n) is 9.02. The molecule has 2 unspecified atom stereocenters. The van der Waals surface area contributed by atoms with Gasteiger partial charge in [-0.25, -0.2) is 4.79 Å². The summed E-state index contributed by atoms with van der Waals surface area (Å²) in [6, 6.07) is 10.5. The van der Waals surface area contributed by atoms with Gasteiger partial charge in [-0.15, -0.1) is 0 Å². The third kappa shape index (κ3) is 4.11. The quantitative estimate of drug-likeness (QED) is 0.399. The van der Waals surface area contributed by atoms with Gasteiger partial charge < -0.3 is 16.2 Å². The lowest BCUT2D eigenvalue weighted by molar-refractivity contribution is -0.383. The number of anilines is 1. The average molecular weight is 383 g/mol. The largest absolute Gasteiger partial charge is 0.480 e. The number of nitrogens with two attached hydrogens (primary N) is 1. The lowest BCUT2D eigenvalue weighted by atomic mass is 9.79. The van der Waals surface area contributed by atoms with Crippen molar-refractivity contribution in [1.29, 1.82) is 0 Å². The van der Waals surface area contributed by atoms with Crippen LogP contribution in [0.5, 0.6) is 0 Å². The molecular formula is C20H21N3O5. The highest BCUT2D eigenvalue weighted by Gasteiger charge is 2.28. The lowest BCUT2D eigenvalue weighted by Crippen LogP contribution is -2.42.